The van der Waals surface area contributed by atoms with Crippen molar-refractivity contribution >= 4 is 21.5 Å². The van der Waals surface area contributed by atoms with Gasteiger partial charge < -0.3 is 10.1 Å². The van der Waals surface area contributed by atoms with E-state index in [0.717, 1.165) is 0 Å². The quantitative estimate of drug-likeness (QED) is 0.790. The van der Waals surface area contributed by atoms with Gasteiger partial charge >= 0.3 is 0 Å². The average molecular weight is 339 g/mol. The van der Waals surface area contributed by atoms with E-state index >= 15 is 0 Å². The largest absolute Gasteiger partial charge is 0.481 e. The molecule has 1 heterocycles. The monoisotopic (exact) mass is 339 g/mol. The van der Waals surface area contributed by atoms with E-state index in [4.69, 9.17) is 4.74 Å². The van der Waals surface area contributed by atoms with Gasteiger partial charge in [0.2, 0.25) is 0 Å². The molecule has 1 N–H and O–H groups in total. The van der Waals surface area contributed by atoms with E-state index in [1.54, 1.807) is 31.2 Å². The predicted octanol–water partition coefficient (Wildman–Crippen LogP) is 1.35. The van der Waals surface area contributed by atoms with Crippen LogP contribution in [0.3, 0.4) is 0 Å². The second kappa shape index (κ2) is 7.12. The van der Waals surface area contributed by atoms with Crippen molar-refractivity contribution < 1.29 is 22.7 Å². The van der Waals surface area contributed by atoms with E-state index in [0.29, 0.717) is 24.2 Å². The molecule has 1 aliphatic rings. The van der Waals surface area contributed by atoms with Gasteiger partial charge in [-0.25, -0.2) is 8.42 Å². The molecule has 1 amide bonds. The Morgan fingerprint density at radius 1 is 1.39 bits per heavy atom. The Balaban J connectivity index is 1.90. The summed E-state index contributed by atoms with van der Waals surface area (Å²) in [7, 11) is -3.08. The highest BCUT2D eigenvalue weighted by Gasteiger charge is 2.31. The molecule has 6 nitrogen and oxygen atoms in total. The molecule has 23 heavy (non-hydrogen) atoms. The Bertz CT molecular complexity index is 698. The zero-order chi connectivity index (χ0) is 17.0. The standard InChI is InChI=1S/C16H21NO5S/c1-11(18)13-5-3-6-14(9-13)22-12(2)16(19)17-10-15-7-4-8-23(15,20)21/h3,5-6,9,12,15H,4,7-8,10H2,1-2H3,(H,17,19)/t12-,15-/m1/s1. The smallest absolute Gasteiger partial charge is 0.260 e. The first kappa shape index (κ1) is 17.5. The van der Waals surface area contributed by atoms with Crippen molar-refractivity contribution in [3.63, 3.8) is 0 Å². The van der Waals surface area contributed by atoms with E-state index < -0.39 is 21.2 Å². The zero-order valence-electron chi connectivity index (χ0n) is 13.2. The van der Waals surface area contributed by atoms with Gasteiger partial charge in [-0.1, -0.05) is 12.1 Å². The Hall–Kier alpha value is -1.89. The van der Waals surface area contributed by atoms with Gasteiger partial charge in [0.25, 0.3) is 5.91 Å². The number of sulfone groups is 1. The maximum absolute atomic E-state index is 12.0. The highest BCUT2D eigenvalue weighted by atomic mass is 32.2. The van der Waals surface area contributed by atoms with Crippen LogP contribution in [0.1, 0.15) is 37.0 Å². The maximum atomic E-state index is 12.0. The summed E-state index contributed by atoms with van der Waals surface area (Å²) in [5, 5.41) is 2.13. The number of ketones is 1. The van der Waals surface area contributed by atoms with Gasteiger partial charge in [0, 0.05) is 12.1 Å². The number of rotatable bonds is 6. The van der Waals surface area contributed by atoms with Crippen molar-refractivity contribution in [1.29, 1.82) is 0 Å². The SMILES string of the molecule is CC(=O)c1cccc(O[C@H](C)C(=O)NC[C@H]2CCCS2(=O)=O)c1. The van der Waals surface area contributed by atoms with Crippen LogP contribution in [-0.2, 0) is 14.6 Å². The first-order valence-corrected chi connectivity index (χ1v) is 9.28. The maximum Gasteiger partial charge on any atom is 0.260 e. The third-order valence-electron chi connectivity index (χ3n) is 3.89. The molecule has 2 atom stereocenters. The molecule has 1 saturated heterocycles. The molecule has 1 aromatic carbocycles. The van der Waals surface area contributed by atoms with Crippen LogP contribution in [0.2, 0.25) is 0 Å². The van der Waals surface area contributed by atoms with Gasteiger partial charge in [0.1, 0.15) is 5.75 Å². The molecule has 0 aliphatic carbocycles. The summed E-state index contributed by atoms with van der Waals surface area (Å²) in [5.74, 6) is 0.158. The number of amides is 1. The Kier molecular flexibility index (Phi) is 5.41. The third kappa shape index (κ3) is 4.54. The van der Waals surface area contributed by atoms with Gasteiger partial charge in [-0.3, -0.25) is 9.59 Å². The molecule has 7 heteroatoms. The molecule has 0 aromatic heterocycles. The fraction of sp³-hybridized carbons (Fsp3) is 0.500. The molecular formula is C16H21NO5S. The van der Waals surface area contributed by atoms with E-state index in [1.165, 1.54) is 6.92 Å². The van der Waals surface area contributed by atoms with E-state index in [1.807, 2.05) is 0 Å². The number of hydrogen-bond acceptors (Lipinski definition) is 5. The highest BCUT2D eigenvalue weighted by molar-refractivity contribution is 7.92. The molecule has 1 aliphatic heterocycles. The molecule has 1 fully saturated rings. The van der Waals surface area contributed by atoms with Gasteiger partial charge in [-0.2, -0.15) is 0 Å². The number of Topliss-reactive ketones (excluding diaryl/α,β-unsaturated/α-hetero) is 1. The van der Waals surface area contributed by atoms with Crippen molar-refractivity contribution in [3.05, 3.63) is 29.8 Å². The van der Waals surface area contributed by atoms with Crippen molar-refractivity contribution in [1.82, 2.24) is 5.32 Å². The Morgan fingerprint density at radius 2 is 2.13 bits per heavy atom. The van der Waals surface area contributed by atoms with Crippen molar-refractivity contribution in [2.75, 3.05) is 12.3 Å². The summed E-state index contributed by atoms with van der Waals surface area (Å²) < 4.78 is 29.0. The number of carbonyl (C=O) groups is 2. The fourth-order valence-electron chi connectivity index (χ4n) is 2.49. The number of carbonyl (C=O) groups excluding carboxylic acids is 2. The van der Waals surface area contributed by atoms with Crippen LogP contribution in [0.4, 0.5) is 0 Å². The molecule has 0 saturated carbocycles. The first-order chi connectivity index (χ1) is 10.8. The third-order valence-corrected chi connectivity index (χ3v) is 6.17. The number of hydrogen-bond donors (Lipinski definition) is 1. The van der Waals surface area contributed by atoms with E-state index in [-0.39, 0.29) is 24.0 Å². The van der Waals surface area contributed by atoms with Crippen LogP contribution in [-0.4, -0.2) is 43.8 Å². The van der Waals surface area contributed by atoms with Crippen molar-refractivity contribution in [2.45, 2.75) is 38.0 Å². The minimum absolute atomic E-state index is 0.0843. The molecule has 0 spiro atoms. The number of benzene rings is 1. The normalized spacial score (nSPS) is 20.7. The lowest BCUT2D eigenvalue weighted by atomic mass is 10.1. The summed E-state index contributed by atoms with van der Waals surface area (Å²) >= 11 is 0. The number of nitrogens with one attached hydrogen (secondary N) is 1. The molecule has 1 aromatic rings. The van der Waals surface area contributed by atoms with Crippen molar-refractivity contribution in [2.24, 2.45) is 0 Å². The predicted molar refractivity (Wildman–Crippen MR) is 86.4 cm³/mol. The van der Waals surface area contributed by atoms with Gasteiger partial charge in [-0.15, -0.1) is 0 Å². The summed E-state index contributed by atoms with van der Waals surface area (Å²) in [4.78, 5) is 23.4. The molecule has 0 unspecified atom stereocenters. The summed E-state index contributed by atoms with van der Waals surface area (Å²) in [5.41, 5.74) is 0.507. The summed E-state index contributed by atoms with van der Waals surface area (Å²) in [6.45, 7) is 3.15. The van der Waals surface area contributed by atoms with Gasteiger partial charge in [-0.05, 0) is 38.8 Å². The molecular weight excluding hydrogens is 318 g/mol. The minimum Gasteiger partial charge on any atom is -0.481 e. The highest BCUT2D eigenvalue weighted by Crippen LogP contribution is 2.19. The van der Waals surface area contributed by atoms with Crippen LogP contribution in [0.15, 0.2) is 24.3 Å². The van der Waals surface area contributed by atoms with Crippen LogP contribution < -0.4 is 10.1 Å². The average Bonchev–Trinajstić information content (AvgIpc) is 2.83. The Morgan fingerprint density at radius 3 is 2.74 bits per heavy atom. The van der Waals surface area contributed by atoms with Crippen LogP contribution in [0, 0.1) is 0 Å². The minimum atomic E-state index is -3.08. The van der Waals surface area contributed by atoms with Gasteiger partial charge in [0.05, 0.1) is 11.0 Å². The fourth-order valence-corrected chi connectivity index (χ4v) is 4.26. The molecule has 2 rings (SSSR count). The van der Waals surface area contributed by atoms with Crippen LogP contribution in [0.25, 0.3) is 0 Å². The Labute approximate surface area is 136 Å². The van der Waals surface area contributed by atoms with E-state index in [9.17, 15) is 18.0 Å². The first-order valence-electron chi connectivity index (χ1n) is 7.56. The molecule has 0 radical (unpaired) electrons. The topological polar surface area (TPSA) is 89.5 Å². The molecule has 0 bridgehead atoms. The lowest BCUT2D eigenvalue weighted by molar-refractivity contribution is -0.127. The molecule has 126 valence electrons. The van der Waals surface area contributed by atoms with E-state index in [2.05, 4.69) is 5.32 Å². The second-order valence-electron chi connectivity index (χ2n) is 5.72. The summed E-state index contributed by atoms with van der Waals surface area (Å²) in [6, 6.07) is 6.60. The summed E-state index contributed by atoms with van der Waals surface area (Å²) in [6.07, 6.45) is 0.451. The van der Waals surface area contributed by atoms with Crippen LogP contribution in [0.5, 0.6) is 5.75 Å². The number of ether oxygens (including phenoxy) is 1. The van der Waals surface area contributed by atoms with Gasteiger partial charge in [0.15, 0.2) is 21.7 Å². The second-order valence-corrected chi connectivity index (χ2v) is 8.12. The lowest BCUT2D eigenvalue weighted by Crippen LogP contribution is -2.41. The zero-order valence-corrected chi connectivity index (χ0v) is 14.1. The van der Waals surface area contributed by atoms with Crippen LogP contribution >= 0.6 is 0 Å². The van der Waals surface area contributed by atoms with Crippen molar-refractivity contribution in [3.8, 4) is 5.75 Å². The lowest BCUT2D eigenvalue weighted by Gasteiger charge is -2.16.